The van der Waals surface area contributed by atoms with Crippen LogP contribution in [0.4, 0.5) is 4.39 Å². The topological polar surface area (TPSA) is 80.8 Å². The van der Waals surface area contributed by atoms with Crippen LogP contribution in [0.5, 0.6) is 0 Å². The van der Waals surface area contributed by atoms with Gasteiger partial charge in [0.2, 0.25) is 0 Å². The Morgan fingerprint density at radius 1 is 0.939 bits per heavy atom. The fourth-order valence-corrected chi connectivity index (χ4v) is 4.37. The van der Waals surface area contributed by atoms with Crippen LogP contribution in [0.1, 0.15) is 57.3 Å². The van der Waals surface area contributed by atoms with Crippen LogP contribution in [-0.4, -0.2) is 41.1 Å². The van der Waals surface area contributed by atoms with Gasteiger partial charge in [0.1, 0.15) is 11.9 Å². The molecule has 0 fully saturated rings. The fourth-order valence-electron chi connectivity index (χ4n) is 3.35. The maximum Gasteiger partial charge on any atom is 0.329 e. The monoisotopic (exact) mass is 533 g/mol. The number of fused-ring (bicyclic) bond motifs is 1. The van der Waals surface area contributed by atoms with Crippen molar-refractivity contribution in [3.8, 4) is 0 Å². The Morgan fingerprint density at radius 2 is 1.45 bits per heavy atom. The molecule has 1 aliphatic heterocycles. The highest BCUT2D eigenvalue weighted by molar-refractivity contribution is 6.55. The van der Waals surface area contributed by atoms with E-state index in [1.807, 2.05) is 6.92 Å². The molecule has 0 aliphatic carbocycles. The lowest BCUT2D eigenvalue weighted by molar-refractivity contribution is -0.147. The van der Waals surface area contributed by atoms with E-state index in [0.29, 0.717) is 17.7 Å². The summed E-state index contributed by atoms with van der Waals surface area (Å²) in [6.07, 6.45) is 1.21. The summed E-state index contributed by atoms with van der Waals surface area (Å²) in [5, 5.41) is -0.891. The molecule has 1 aliphatic rings. The number of Topliss-reactive ketones (excluding diaryl/α,β-unsaturated/α-hetero) is 1. The van der Waals surface area contributed by atoms with Gasteiger partial charge in [0.15, 0.2) is 12.4 Å². The lowest BCUT2D eigenvalue weighted by Crippen LogP contribution is -2.46. The van der Waals surface area contributed by atoms with Crippen molar-refractivity contribution in [1.29, 1.82) is 0 Å². The third-order valence-corrected chi connectivity index (χ3v) is 6.86. The lowest BCUT2D eigenvalue weighted by Gasteiger charge is -2.24. The zero-order valence-electron chi connectivity index (χ0n) is 17.1. The smallest absolute Gasteiger partial charge is 0.329 e. The van der Waals surface area contributed by atoms with Gasteiger partial charge in [-0.2, -0.15) is 0 Å². The molecule has 2 aromatic rings. The number of esters is 1. The number of ketones is 1. The number of carbonyl (C=O) groups excluding carboxylic acids is 4. The third-order valence-electron chi connectivity index (χ3n) is 5.06. The van der Waals surface area contributed by atoms with Gasteiger partial charge < -0.3 is 4.74 Å². The Morgan fingerprint density at radius 3 is 1.94 bits per heavy atom. The van der Waals surface area contributed by atoms with E-state index in [1.165, 1.54) is 12.1 Å². The summed E-state index contributed by atoms with van der Waals surface area (Å²) < 4.78 is 18.2. The van der Waals surface area contributed by atoms with Crippen LogP contribution in [0.15, 0.2) is 24.3 Å². The first-order chi connectivity index (χ1) is 15.6. The maximum absolute atomic E-state index is 13.1. The highest BCUT2D eigenvalue weighted by atomic mass is 35.5. The quantitative estimate of drug-likeness (QED) is 0.136. The molecule has 2 amide bonds. The molecular formula is C22H16Cl4FNO5. The zero-order chi connectivity index (χ0) is 24.4. The molecular weight excluding hydrogens is 519 g/mol. The van der Waals surface area contributed by atoms with E-state index < -0.39 is 42.0 Å². The second-order valence-corrected chi connectivity index (χ2v) is 8.69. The molecule has 0 radical (unpaired) electrons. The van der Waals surface area contributed by atoms with Gasteiger partial charge in [-0.3, -0.25) is 19.3 Å². The van der Waals surface area contributed by atoms with E-state index in [2.05, 4.69) is 0 Å². The number of unbranched alkanes of at least 4 members (excludes halogenated alkanes) is 1. The predicted octanol–water partition coefficient (Wildman–Crippen LogP) is 6.02. The Kier molecular flexibility index (Phi) is 8.00. The van der Waals surface area contributed by atoms with Gasteiger partial charge in [0.25, 0.3) is 11.8 Å². The summed E-state index contributed by atoms with van der Waals surface area (Å²) in [5.74, 6) is -3.81. The number of halogens is 5. The first-order valence-electron chi connectivity index (χ1n) is 9.79. The highest BCUT2D eigenvalue weighted by Crippen LogP contribution is 2.45. The molecule has 1 heterocycles. The number of ether oxygens (including phenoxy) is 1. The number of hydrogen-bond donors (Lipinski definition) is 0. The molecule has 0 aromatic heterocycles. The van der Waals surface area contributed by atoms with Crippen molar-refractivity contribution < 1.29 is 28.3 Å². The molecule has 33 heavy (non-hydrogen) atoms. The second kappa shape index (κ2) is 10.4. The van der Waals surface area contributed by atoms with Crippen LogP contribution in [0.3, 0.4) is 0 Å². The van der Waals surface area contributed by atoms with Crippen molar-refractivity contribution in [3.63, 3.8) is 0 Å². The Hall–Kier alpha value is -2.19. The maximum atomic E-state index is 13.1. The summed E-state index contributed by atoms with van der Waals surface area (Å²) >= 11 is 24.3. The third kappa shape index (κ3) is 4.87. The summed E-state index contributed by atoms with van der Waals surface area (Å²) in [4.78, 5) is 52.0. The zero-order valence-corrected chi connectivity index (χ0v) is 20.1. The van der Waals surface area contributed by atoms with Crippen molar-refractivity contribution in [2.75, 3.05) is 6.61 Å². The molecule has 11 heteroatoms. The van der Waals surface area contributed by atoms with E-state index in [-0.39, 0.29) is 43.2 Å². The molecule has 3 rings (SSSR count). The normalized spacial score (nSPS) is 13.8. The lowest BCUT2D eigenvalue weighted by atomic mass is 10.1. The van der Waals surface area contributed by atoms with E-state index in [1.54, 1.807) is 0 Å². The van der Waals surface area contributed by atoms with Crippen LogP contribution < -0.4 is 0 Å². The number of imide groups is 1. The van der Waals surface area contributed by atoms with Gasteiger partial charge in [0, 0.05) is 5.56 Å². The van der Waals surface area contributed by atoms with Crippen LogP contribution >= 0.6 is 46.4 Å². The molecule has 0 spiro atoms. The highest BCUT2D eigenvalue weighted by Gasteiger charge is 2.47. The van der Waals surface area contributed by atoms with Crippen molar-refractivity contribution in [3.05, 3.63) is 66.9 Å². The molecule has 0 bridgehead atoms. The van der Waals surface area contributed by atoms with Gasteiger partial charge in [-0.25, -0.2) is 9.18 Å². The van der Waals surface area contributed by atoms with Crippen molar-refractivity contribution >= 4 is 70.0 Å². The standard InChI is InChI=1S/C22H16Cl4FNO5/c1-2-3-4-12(22(32)33-9-13(29)10-5-7-11(27)8-6-10)28-20(30)14-15(21(28)31)17(24)19(26)18(25)16(14)23/h5-8,12H,2-4,9H2,1H3/t12-/m0/s1. The van der Waals surface area contributed by atoms with Crippen LogP contribution in [0.2, 0.25) is 20.1 Å². The Bertz CT molecular complexity index is 1110. The number of nitrogens with zero attached hydrogens (tertiary/aromatic N) is 1. The minimum Gasteiger partial charge on any atom is -0.456 e. The van der Waals surface area contributed by atoms with Gasteiger partial charge in [-0.1, -0.05) is 66.2 Å². The first-order valence-corrected chi connectivity index (χ1v) is 11.3. The first kappa shape index (κ1) is 25.4. The average Bonchev–Trinajstić information content (AvgIpc) is 3.05. The van der Waals surface area contributed by atoms with E-state index >= 15 is 0 Å². The predicted molar refractivity (Wildman–Crippen MR) is 122 cm³/mol. The summed E-state index contributed by atoms with van der Waals surface area (Å²) in [6.45, 7) is 1.20. The molecule has 2 aromatic carbocycles. The van der Waals surface area contributed by atoms with Crippen LogP contribution in [0, 0.1) is 5.82 Å². The van der Waals surface area contributed by atoms with Crippen molar-refractivity contribution in [2.24, 2.45) is 0 Å². The molecule has 6 nitrogen and oxygen atoms in total. The number of carbonyl (C=O) groups is 4. The van der Waals surface area contributed by atoms with E-state index in [0.717, 1.165) is 12.1 Å². The number of amides is 2. The Labute approximate surface area is 208 Å². The minimum absolute atomic E-state index is 0.0856. The average molecular weight is 535 g/mol. The number of hydrogen-bond acceptors (Lipinski definition) is 5. The van der Waals surface area contributed by atoms with Crippen molar-refractivity contribution in [1.82, 2.24) is 4.90 Å². The molecule has 0 saturated heterocycles. The summed E-state index contributed by atoms with van der Waals surface area (Å²) in [5.41, 5.74) is -0.367. The van der Waals surface area contributed by atoms with Crippen LogP contribution in [-0.2, 0) is 9.53 Å². The summed E-state index contributed by atoms with van der Waals surface area (Å²) in [6, 6.07) is 3.37. The minimum atomic E-state index is -1.33. The summed E-state index contributed by atoms with van der Waals surface area (Å²) in [7, 11) is 0. The van der Waals surface area contributed by atoms with Crippen LogP contribution in [0.25, 0.3) is 0 Å². The van der Waals surface area contributed by atoms with E-state index in [4.69, 9.17) is 51.1 Å². The number of benzene rings is 2. The molecule has 174 valence electrons. The number of rotatable bonds is 8. The largest absolute Gasteiger partial charge is 0.456 e. The van der Waals surface area contributed by atoms with Gasteiger partial charge in [0.05, 0.1) is 31.2 Å². The fraction of sp³-hybridized carbons (Fsp3) is 0.273. The van der Waals surface area contributed by atoms with Gasteiger partial charge in [-0.15, -0.1) is 0 Å². The van der Waals surface area contributed by atoms with Gasteiger partial charge in [-0.05, 0) is 30.7 Å². The van der Waals surface area contributed by atoms with Crippen molar-refractivity contribution in [2.45, 2.75) is 32.2 Å². The Balaban J connectivity index is 1.87. The molecule has 0 unspecified atom stereocenters. The molecule has 1 atom stereocenters. The SMILES string of the molecule is CCCC[C@@H](C(=O)OCC(=O)c1ccc(F)cc1)N1C(=O)c2c(Cl)c(Cl)c(Cl)c(Cl)c2C1=O. The second-order valence-electron chi connectivity index (χ2n) is 7.18. The molecule has 0 N–H and O–H groups in total. The van der Waals surface area contributed by atoms with E-state index in [9.17, 15) is 23.6 Å². The molecule has 0 saturated carbocycles. The van der Waals surface area contributed by atoms with Gasteiger partial charge >= 0.3 is 5.97 Å².